The third-order valence-electron chi connectivity index (χ3n) is 6.48. The lowest BCUT2D eigenvalue weighted by atomic mass is 9.90. The standard InChI is InChI=1S/C27H30ClN5O3/c1-3-20(4-2)33-22-23(30-26(33)28)31-27(36)32(25(22)35)17-11-16-29-24(34)21(18-12-7-5-8-13-18)19-14-9-6-10-15-19/h5-10,12-15,20-21H,3-4,11,16-17H2,1-2H3,(H,29,34)(H,31,36). The van der Waals surface area contributed by atoms with Crippen molar-refractivity contribution in [2.75, 3.05) is 6.54 Å². The van der Waals surface area contributed by atoms with Crippen LogP contribution in [0.2, 0.25) is 5.28 Å². The number of halogens is 1. The Bertz CT molecular complexity index is 1400. The molecular weight excluding hydrogens is 478 g/mol. The molecule has 4 aromatic rings. The summed E-state index contributed by atoms with van der Waals surface area (Å²) in [6, 6.07) is 19.2. The predicted molar refractivity (Wildman–Crippen MR) is 142 cm³/mol. The van der Waals surface area contributed by atoms with Gasteiger partial charge in [0.05, 0.1) is 5.92 Å². The summed E-state index contributed by atoms with van der Waals surface area (Å²) < 4.78 is 2.86. The predicted octanol–water partition coefficient (Wildman–Crippen LogP) is 4.24. The van der Waals surface area contributed by atoms with Crippen LogP contribution in [-0.4, -0.2) is 31.6 Å². The van der Waals surface area contributed by atoms with Crippen molar-refractivity contribution in [3.63, 3.8) is 0 Å². The fraction of sp³-hybridized carbons (Fsp3) is 0.333. The van der Waals surface area contributed by atoms with Crippen LogP contribution in [0.25, 0.3) is 11.2 Å². The smallest absolute Gasteiger partial charge is 0.330 e. The number of nitrogens with zero attached hydrogens (tertiary/aromatic N) is 3. The largest absolute Gasteiger partial charge is 0.355 e. The molecule has 2 N–H and O–H groups in total. The summed E-state index contributed by atoms with van der Waals surface area (Å²) in [6.45, 7) is 4.49. The molecule has 0 atom stereocenters. The number of benzene rings is 2. The Kier molecular flexibility index (Phi) is 8.05. The van der Waals surface area contributed by atoms with E-state index in [1.54, 1.807) is 4.57 Å². The summed E-state index contributed by atoms with van der Waals surface area (Å²) in [4.78, 5) is 45.9. The zero-order valence-corrected chi connectivity index (χ0v) is 21.2. The first-order valence-electron chi connectivity index (χ1n) is 12.2. The zero-order chi connectivity index (χ0) is 25.7. The van der Waals surface area contributed by atoms with E-state index in [-0.39, 0.29) is 29.4 Å². The van der Waals surface area contributed by atoms with Crippen molar-refractivity contribution in [3.05, 3.63) is 97.9 Å². The monoisotopic (exact) mass is 507 g/mol. The average Bonchev–Trinajstić information content (AvgIpc) is 3.21. The Morgan fingerprint density at radius 2 is 1.58 bits per heavy atom. The van der Waals surface area contributed by atoms with E-state index in [4.69, 9.17) is 11.6 Å². The number of imidazole rings is 1. The lowest BCUT2D eigenvalue weighted by Gasteiger charge is -2.18. The molecule has 2 heterocycles. The van der Waals surface area contributed by atoms with Gasteiger partial charge in [-0.1, -0.05) is 74.5 Å². The van der Waals surface area contributed by atoms with Crippen molar-refractivity contribution in [2.45, 2.75) is 51.6 Å². The number of nitrogens with one attached hydrogen (secondary N) is 2. The molecule has 0 radical (unpaired) electrons. The normalized spacial score (nSPS) is 11.5. The van der Waals surface area contributed by atoms with Gasteiger partial charge in [-0.15, -0.1) is 0 Å². The highest BCUT2D eigenvalue weighted by Gasteiger charge is 2.23. The number of carbonyl (C=O) groups excluding carboxylic acids is 1. The Labute approximate surface area is 214 Å². The number of carbonyl (C=O) groups is 1. The second-order valence-electron chi connectivity index (χ2n) is 8.70. The lowest BCUT2D eigenvalue weighted by molar-refractivity contribution is -0.121. The summed E-state index contributed by atoms with van der Waals surface area (Å²) in [7, 11) is 0. The molecule has 2 aromatic carbocycles. The molecule has 0 saturated heterocycles. The molecule has 0 unspecified atom stereocenters. The second-order valence-corrected chi connectivity index (χ2v) is 9.04. The molecule has 1 amide bonds. The Hall–Kier alpha value is -3.65. The first kappa shape index (κ1) is 25.4. The van der Waals surface area contributed by atoms with Crippen LogP contribution in [-0.2, 0) is 11.3 Å². The van der Waals surface area contributed by atoms with Crippen LogP contribution >= 0.6 is 11.6 Å². The van der Waals surface area contributed by atoms with E-state index in [9.17, 15) is 14.4 Å². The highest BCUT2D eigenvalue weighted by molar-refractivity contribution is 6.29. The summed E-state index contributed by atoms with van der Waals surface area (Å²) in [5.41, 5.74) is 1.30. The van der Waals surface area contributed by atoms with Gasteiger partial charge in [-0.3, -0.25) is 19.1 Å². The summed E-state index contributed by atoms with van der Waals surface area (Å²) >= 11 is 6.32. The number of amides is 1. The SMILES string of the molecule is CCC(CC)n1c(Cl)nc2[nH]c(=O)n(CCCNC(=O)C(c3ccccc3)c3ccccc3)c(=O)c21. The molecule has 0 saturated carbocycles. The fourth-order valence-corrected chi connectivity index (χ4v) is 4.92. The number of rotatable bonds is 10. The second kappa shape index (κ2) is 11.4. The van der Waals surface area contributed by atoms with E-state index >= 15 is 0 Å². The highest BCUT2D eigenvalue weighted by atomic mass is 35.5. The molecule has 8 nitrogen and oxygen atoms in total. The van der Waals surface area contributed by atoms with Gasteiger partial charge in [0, 0.05) is 19.1 Å². The molecule has 0 aliphatic rings. The first-order chi connectivity index (χ1) is 17.5. The number of hydrogen-bond acceptors (Lipinski definition) is 4. The average molecular weight is 508 g/mol. The van der Waals surface area contributed by atoms with Crippen LogP contribution in [0.1, 0.15) is 56.2 Å². The lowest BCUT2D eigenvalue weighted by Crippen LogP contribution is -2.37. The topological polar surface area (TPSA) is 102 Å². The third kappa shape index (κ3) is 5.14. The fourth-order valence-electron chi connectivity index (χ4n) is 4.61. The van der Waals surface area contributed by atoms with Crippen molar-refractivity contribution in [1.82, 2.24) is 24.4 Å². The molecule has 0 aliphatic heterocycles. The van der Waals surface area contributed by atoms with Gasteiger partial charge >= 0.3 is 5.69 Å². The number of hydrogen-bond donors (Lipinski definition) is 2. The summed E-state index contributed by atoms with van der Waals surface area (Å²) in [6.07, 6.45) is 1.95. The van der Waals surface area contributed by atoms with E-state index in [1.165, 1.54) is 0 Å². The van der Waals surface area contributed by atoms with E-state index in [2.05, 4.69) is 15.3 Å². The molecule has 36 heavy (non-hydrogen) atoms. The van der Waals surface area contributed by atoms with Gasteiger partial charge in [0.25, 0.3) is 5.56 Å². The molecule has 0 aliphatic carbocycles. The van der Waals surface area contributed by atoms with Gasteiger partial charge in [-0.2, -0.15) is 4.98 Å². The Morgan fingerprint density at radius 1 is 1.00 bits per heavy atom. The molecular formula is C27H30ClN5O3. The van der Waals surface area contributed by atoms with Crippen LogP contribution in [0.5, 0.6) is 0 Å². The van der Waals surface area contributed by atoms with Crippen molar-refractivity contribution >= 4 is 28.7 Å². The highest BCUT2D eigenvalue weighted by Crippen LogP contribution is 2.26. The number of H-pyrrole nitrogens is 1. The van der Waals surface area contributed by atoms with Gasteiger partial charge < -0.3 is 9.88 Å². The molecule has 188 valence electrons. The molecule has 0 spiro atoms. The van der Waals surface area contributed by atoms with E-state index < -0.39 is 17.2 Å². The van der Waals surface area contributed by atoms with Crippen LogP contribution in [0, 0.1) is 0 Å². The summed E-state index contributed by atoms with van der Waals surface area (Å²) in [5, 5.41) is 3.16. The molecule has 0 fully saturated rings. The maximum atomic E-state index is 13.3. The molecule has 0 bridgehead atoms. The maximum absolute atomic E-state index is 13.3. The van der Waals surface area contributed by atoms with Gasteiger partial charge in [-0.25, -0.2) is 4.79 Å². The van der Waals surface area contributed by atoms with Crippen LogP contribution in [0.3, 0.4) is 0 Å². The molecule has 4 rings (SSSR count). The van der Waals surface area contributed by atoms with Gasteiger partial charge in [0.15, 0.2) is 11.2 Å². The van der Waals surface area contributed by atoms with Crippen molar-refractivity contribution in [1.29, 1.82) is 0 Å². The van der Waals surface area contributed by atoms with E-state index in [1.807, 2.05) is 74.5 Å². The Balaban J connectivity index is 1.51. The first-order valence-corrected chi connectivity index (χ1v) is 12.6. The summed E-state index contributed by atoms with van der Waals surface area (Å²) in [5.74, 6) is -0.589. The van der Waals surface area contributed by atoms with Crippen molar-refractivity contribution in [3.8, 4) is 0 Å². The minimum absolute atomic E-state index is 0.00162. The van der Waals surface area contributed by atoms with Gasteiger partial charge in [0.1, 0.15) is 0 Å². The maximum Gasteiger partial charge on any atom is 0.330 e. The van der Waals surface area contributed by atoms with Crippen LogP contribution in [0.15, 0.2) is 70.3 Å². The van der Waals surface area contributed by atoms with E-state index in [0.717, 1.165) is 28.5 Å². The third-order valence-corrected chi connectivity index (χ3v) is 6.75. The molecule has 2 aromatic heterocycles. The number of fused-ring (bicyclic) bond motifs is 1. The number of aromatic nitrogens is 4. The van der Waals surface area contributed by atoms with Crippen LogP contribution in [0.4, 0.5) is 0 Å². The van der Waals surface area contributed by atoms with Gasteiger partial charge in [0.2, 0.25) is 11.2 Å². The minimum atomic E-state index is -0.545. The van der Waals surface area contributed by atoms with Crippen LogP contribution < -0.4 is 16.6 Å². The van der Waals surface area contributed by atoms with E-state index in [0.29, 0.717) is 18.5 Å². The van der Waals surface area contributed by atoms with Crippen molar-refractivity contribution in [2.24, 2.45) is 0 Å². The zero-order valence-electron chi connectivity index (χ0n) is 20.4. The number of aromatic amines is 1. The van der Waals surface area contributed by atoms with Crippen molar-refractivity contribution < 1.29 is 4.79 Å². The Morgan fingerprint density at radius 3 is 2.14 bits per heavy atom. The molecule has 9 heteroatoms. The quantitative estimate of drug-likeness (QED) is 0.247. The van der Waals surface area contributed by atoms with Gasteiger partial charge in [-0.05, 0) is 42.0 Å². The minimum Gasteiger partial charge on any atom is -0.355 e.